The van der Waals surface area contributed by atoms with Crippen LogP contribution >= 0.6 is 0 Å². The molecule has 5 aliphatic rings. The van der Waals surface area contributed by atoms with Gasteiger partial charge in [-0.2, -0.15) is 0 Å². The van der Waals surface area contributed by atoms with Crippen LogP contribution in [0.5, 0.6) is 11.5 Å². The van der Waals surface area contributed by atoms with Gasteiger partial charge in [-0.25, -0.2) is 0 Å². The van der Waals surface area contributed by atoms with Gasteiger partial charge in [0.1, 0.15) is 6.10 Å². The van der Waals surface area contributed by atoms with Gasteiger partial charge in [0.05, 0.1) is 11.0 Å². The molecule has 46 heavy (non-hydrogen) atoms. The Morgan fingerprint density at radius 1 is 0.913 bits per heavy atom. The van der Waals surface area contributed by atoms with Crippen LogP contribution in [0.25, 0.3) is 0 Å². The molecule has 1 aromatic rings. The number of carbonyl (C=O) groups is 1. The van der Waals surface area contributed by atoms with E-state index in [9.17, 15) is 9.90 Å². The highest BCUT2D eigenvalue weighted by Crippen LogP contribution is 2.66. The third-order valence-corrected chi connectivity index (χ3v) is 12.4. The Morgan fingerprint density at radius 3 is 2.13 bits per heavy atom. The average Bonchev–Trinajstić information content (AvgIpc) is 3.79. The number of aliphatic hydroxyl groups is 1. The topological polar surface area (TPSA) is 59.0 Å². The lowest BCUT2D eigenvalue weighted by Crippen LogP contribution is -2.75. The van der Waals surface area contributed by atoms with Crippen molar-refractivity contribution in [2.45, 2.75) is 184 Å². The predicted octanol–water partition coefficient (Wildman–Crippen LogP) is 9.75. The summed E-state index contributed by atoms with van der Waals surface area (Å²) < 4.78 is 12.7. The molecular formula is C41H63NO4. The van der Waals surface area contributed by atoms with E-state index in [0.29, 0.717) is 17.9 Å². The number of benzene rings is 1. The van der Waals surface area contributed by atoms with Crippen LogP contribution in [-0.2, 0) is 16.6 Å². The number of likely N-dealkylation sites (tertiary alicyclic amines) is 1. The van der Waals surface area contributed by atoms with E-state index in [0.717, 1.165) is 68.7 Å². The molecule has 2 heterocycles. The lowest BCUT2D eigenvalue weighted by Gasteiger charge is -2.63. The number of ether oxygens (including phenoxy) is 2. The Hall–Kier alpha value is -1.85. The molecule has 1 unspecified atom stereocenters. The van der Waals surface area contributed by atoms with Crippen molar-refractivity contribution in [2.24, 2.45) is 5.92 Å². The molecular weight excluding hydrogens is 570 g/mol. The summed E-state index contributed by atoms with van der Waals surface area (Å²) in [5.74, 6) is 1.86. The molecule has 1 spiro atoms. The maximum absolute atomic E-state index is 13.0. The van der Waals surface area contributed by atoms with Crippen LogP contribution in [-0.4, -0.2) is 46.8 Å². The molecule has 1 N–H and O–H groups in total. The highest BCUT2D eigenvalue weighted by Gasteiger charge is 2.72. The predicted molar refractivity (Wildman–Crippen MR) is 187 cm³/mol. The zero-order chi connectivity index (χ0) is 32.0. The molecule has 0 radical (unpaired) electrons. The van der Waals surface area contributed by atoms with Gasteiger partial charge < -0.3 is 14.6 Å². The molecule has 1 aromatic carbocycles. The van der Waals surface area contributed by atoms with Crippen LogP contribution in [0.4, 0.5) is 0 Å². The van der Waals surface area contributed by atoms with Crippen molar-refractivity contribution in [3.05, 3.63) is 35.4 Å². The van der Waals surface area contributed by atoms with Crippen LogP contribution in [0.3, 0.4) is 0 Å². The number of piperidine rings is 1. The number of nitrogens with zero attached hydrogens (tertiary/aromatic N) is 1. The fourth-order valence-corrected chi connectivity index (χ4v) is 9.63. The summed E-state index contributed by atoms with van der Waals surface area (Å²) >= 11 is 0. The Balaban J connectivity index is 0.912. The number of rotatable bonds is 21. The van der Waals surface area contributed by atoms with Crippen LogP contribution in [0.1, 0.15) is 166 Å². The SMILES string of the molecule is C=C1CC[C@@]2(O)C3Cc4ccc(OC(=O)CCCCCCCCCCCCCCCCCCC)c5c4[C@@]2(CCN3CC2CC2)[C@H]1O5. The maximum Gasteiger partial charge on any atom is 0.311 e. The second-order valence-electron chi connectivity index (χ2n) is 15.8. The smallest absolute Gasteiger partial charge is 0.311 e. The van der Waals surface area contributed by atoms with E-state index in [2.05, 4.69) is 24.5 Å². The van der Waals surface area contributed by atoms with Gasteiger partial charge in [-0.05, 0) is 74.6 Å². The second-order valence-corrected chi connectivity index (χ2v) is 15.8. The first-order valence-corrected chi connectivity index (χ1v) is 19.7. The summed E-state index contributed by atoms with van der Waals surface area (Å²) in [5, 5.41) is 12.6. The molecule has 6 rings (SSSR count). The molecule has 0 amide bonds. The van der Waals surface area contributed by atoms with Crippen molar-refractivity contribution in [1.82, 2.24) is 4.90 Å². The van der Waals surface area contributed by atoms with E-state index in [1.807, 2.05) is 6.07 Å². The van der Waals surface area contributed by atoms with Crippen LogP contribution in [0.2, 0.25) is 0 Å². The van der Waals surface area contributed by atoms with Gasteiger partial charge in [0.2, 0.25) is 0 Å². The third kappa shape index (κ3) is 7.12. The Kier molecular flexibility index (Phi) is 11.5. The van der Waals surface area contributed by atoms with E-state index in [4.69, 9.17) is 9.47 Å². The second kappa shape index (κ2) is 15.6. The van der Waals surface area contributed by atoms with E-state index in [-0.39, 0.29) is 18.1 Å². The minimum absolute atomic E-state index is 0.118. The fourth-order valence-electron chi connectivity index (χ4n) is 9.63. The summed E-state index contributed by atoms with van der Waals surface area (Å²) in [6.07, 6.45) is 28.7. The van der Waals surface area contributed by atoms with E-state index >= 15 is 0 Å². The van der Waals surface area contributed by atoms with Crippen LogP contribution < -0.4 is 9.47 Å². The lowest BCUT2D eigenvalue weighted by molar-refractivity contribution is -0.174. The van der Waals surface area contributed by atoms with Gasteiger partial charge in [0.15, 0.2) is 11.5 Å². The fraction of sp³-hybridized carbons (Fsp3) is 0.780. The largest absolute Gasteiger partial charge is 0.481 e. The van der Waals surface area contributed by atoms with Gasteiger partial charge in [-0.1, -0.05) is 122 Å². The van der Waals surface area contributed by atoms with Crippen molar-refractivity contribution in [1.29, 1.82) is 0 Å². The number of esters is 1. The minimum atomic E-state index is -0.833. The number of hydrogen-bond donors (Lipinski definition) is 1. The van der Waals surface area contributed by atoms with Crippen LogP contribution in [0.15, 0.2) is 24.3 Å². The zero-order valence-corrected chi connectivity index (χ0v) is 29.1. The molecule has 4 atom stereocenters. The molecule has 3 aliphatic carbocycles. The number of carbonyl (C=O) groups excluding carboxylic acids is 1. The molecule has 3 fully saturated rings. The first kappa shape index (κ1) is 34.0. The highest BCUT2D eigenvalue weighted by molar-refractivity contribution is 5.75. The van der Waals surface area contributed by atoms with Crippen molar-refractivity contribution >= 4 is 5.97 Å². The molecule has 2 bridgehead atoms. The maximum atomic E-state index is 13.0. The normalized spacial score (nSPS) is 27.8. The van der Waals surface area contributed by atoms with Crippen molar-refractivity contribution in [3.63, 3.8) is 0 Å². The first-order valence-electron chi connectivity index (χ1n) is 19.7. The lowest BCUT2D eigenvalue weighted by atomic mass is 9.48. The molecule has 5 nitrogen and oxygen atoms in total. The van der Waals surface area contributed by atoms with Gasteiger partial charge in [0.25, 0.3) is 0 Å². The van der Waals surface area contributed by atoms with Gasteiger partial charge in [-0.3, -0.25) is 9.69 Å². The average molecular weight is 634 g/mol. The van der Waals surface area contributed by atoms with Gasteiger partial charge >= 0.3 is 5.97 Å². The van der Waals surface area contributed by atoms with Crippen molar-refractivity contribution in [2.75, 3.05) is 13.1 Å². The van der Waals surface area contributed by atoms with Crippen molar-refractivity contribution < 1.29 is 19.4 Å². The third-order valence-electron chi connectivity index (χ3n) is 12.4. The molecule has 1 saturated heterocycles. The quantitative estimate of drug-likeness (QED) is 0.0632. The summed E-state index contributed by atoms with van der Waals surface area (Å²) in [5.41, 5.74) is 2.14. The highest BCUT2D eigenvalue weighted by atomic mass is 16.6. The Morgan fingerprint density at radius 2 is 1.52 bits per heavy atom. The standard InChI is InChI=1S/C41H63NO4/c1-3-4-5-6-7-8-9-10-11-12-13-14-15-16-17-18-19-20-36(43)45-34-24-23-33-29-35-41(44)26-25-31(2)39-40(41,37(33)38(34)46-39)27-28-42(35)30-32-21-22-32/h23-24,32,35,39,44H,2-22,25-30H2,1H3/t35?,39-,40-,41+/m0/s1. The summed E-state index contributed by atoms with van der Waals surface area (Å²) in [6, 6.07) is 4.21. The summed E-state index contributed by atoms with van der Waals surface area (Å²) in [7, 11) is 0. The molecule has 5 heteroatoms. The van der Waals surface area contributed by atoms with E-state index < -0.39 is 11.0 Å². The number of hydrogen-bond acceptors (Lipinski definition) is 5. The molecule has 256 valence electrons. The van der Waals surface area contributed by atoms with Crippen molar-refractivity contribution in [3.8, 4) is 11.5 Å². The van der Waals surface area contributed by atoms with Gasteiger partial charge in [-0.15, -0.1) is 0 Å². The molecule has 0 aromatic heterocycles. The van der Waals surface area contributed by atoms with E-state index in [1.54, 1.807) is 0 Å². The molecule has 2 aliphatic heterocycles. The first-order chi connectivity index (χ1) is 22.5. The zero-order valence-electron chi connectivity index (χ0n) is 29.1. The minimum Gasteiger partial charge on any atom is -0.481 e. The Labute approximate surface area is 279 Å². The molecule has 2 saturated carbocycles. The Bertz CT molecular complexity index is 1190. The monoisotopic (exact) mass is 633 g/mol. The van der Waals surface area contributed by atoms with Gasteiger partial charge in [0, 0.05) is 24.6 Å². The number of unbranched alkanes of at least 4 members (excludes halogenated alkanes) is 16. The van der Waals surface area contributed by atoms with Crippen LogP contribution in [0, 0.1) is 5.92 Å². The van der Waals surface area contributed by atoms with E-state index in [1.165, 1.54) is 115 Å². The summed E-state index contributed by atoms with van der Waals surface area (Å²) in [4.78, 5) is 15.6. The summed E-state index contributed by atoms with van der Waals surface area (Å²) in [6.45, 7) is 8.80.